The first-order chi connectivity index (χ1) is 12.7. The fraction of sp³-hybridized carbons (Fsp3) is 0.263. The van der Waals surface area contributed by atoms with Crippen LogP contribution in [0, 0.1) is 0 Å². The summed E-state index contributed by atoms with van der Waals surface area (Å²) in [5.74, 6) is 0.405. The maximum absolute atomic E-state index is 12.9. The largest absolute Gasteiger partial charge is 0.326 e. The number of aromatic nitrogens is 2. The normalized spacial score (nSPS) is 12.2. The van der Waals surface area contributed by atoms with E-state index in [-0.39, 0.29) is 22.3 Å². The number of hydrogen-bond donors (Lipinski definition) is 2. The van der Waals surface area contributed by atoms with Crippen LogP contribution in [0.2, 0.25) is 0 Å². The summed E-state index contributed by atoms with van der Waals surface area (Å²) >= 11 is 0. The van der Waals surface area contributed by atoms with Crippen molar-refractivity contribution in [3.05, 3.63) is 74.4 Å². The molecule has 0 aliphatic heterocycles. The number of hydrogen-bond acceptors (Lipinski definition) is 4. The van der Waals surface area contributed by atoms with Gasteiger partial charge in [0.15, 0.2) is 0 Å². The molecular weight excluding hydrogens is 366 g/mol. The molecule has 3 aromatic rings. The fourth-order valence-electron chi connectivity index (χ4n) is 2.83. The van der Waals surface area contributed by atoms with Crippen LogP contribution in [0.4, 0.5) is 0 Å². The second-order valence-corrected chi connectivity index (χ2v) is 8.82. The van der Waals surface area contributed by atoms with Crippen molar-refractivity contribution < 1.29 is 8.42 Å². The predicted octanol–water partition coefficient (Wildman–Crippen LogP) is 2.16. The monoisotopic (exact) mass is 387 g/mol. The second-order valence-electron chi connectivity index (χ2n) is 6.77. The summed E-state index contributed by atoms with van der Waals surface area (Å²) in [6, 6.07) is 11.9. The molecule has 0 saturated heterocycles. The zero-order valence-corrected chi connectivity index (χ0v) is 16.1. The molecule has 0 unspecified atom stereocenters. The molecule has 27 heavy (non-hydrogen) atoms. The van der Waals surface area contributed by atoms with E-state index in [4.69, 9.17) is 0 Å². The van der Waals surface area contributed by atoms with Crippen LogP contribution in [0.15, 0.2) is 56.9 Å². The fourth-order valence-corrected chi connectivity index (χ4v) is 4.02. The number of fused-ring (bicyclic) bond motifs is 1. The van der Waals surface area contributed by atoms with Crippen LogP contribution in [0.5, 0.6) is 0 Å². The Morgan fingerprint density at radius 1 is 1.00 bits per heavy atom. The van der Waals surface area contributed by atoms with Crippen molar-refractivity contribution in [2.75, 3.05) is 7.05 Å². The lowest BCUT2D eigenvalue weighted by atomic mass is 10.0. The van der Waals surface area contributed by atoms with Gasteiger partial charge in [0.05, 0.1) is 15.8 Å². The summed E-state index contributed by atoms with van der Waals surface area (Å²) in [6.07, 6.45) is 0. The highest BCUT2D eigenvalue weighted by Gasteiger charge is 2.22. The van der Waals surface area contributed by atoms with Crippen molar-refractivity contribution in [1.29, 1.82) is 0 Å². The molecule has 0 bridgehead atoms. The third kappa shape index (κ3) is 3.86. The highest BCUT2D eigenvalue weighted by atomic mass is 32.2. The van der Waals surface area contributed by atoms with Gasteiger partial charge in [0.25, 0.3) is 5.56 Å². The van der Waals surface area contributed by atoms with Gasteiger partial charge in [-0.1, -0.05) is 38.1 Å². The molecule has 7 nitrogen and oxygen atoms in total. The zero-order valence-electron chi connectivity index (χ0n) is 15.3. The van der Waals surface area contributed by atoms with Crippen molar-refractivity contribution in [3.8, 4) is 0 Å². The number of H-pyrrole nitrogens is 2. The Kier molecular flexibility index (Phi) is 5.03. The molecule has 142 valence electrons. The smallest absolute Gasteiger partial charge is 0.307 e. The highest BCUT2D eigenvalue weighted by Crippen LogP contribution is 2.20. The molecule has 0 aliphatic carbocycles. The summed E-state index contributed by atoms with van der Waals surface area (Å²) in [5.41, 5.74) is 1.08. The number of benzene rings is 2. The first kappa shape index (κ1) is 19.1. The molecule has 2 N–H and O–H groups in total. The van der Waals surface area contributed by atoms with E-state index in [1.807, 2.05) is 24.3 Å². The molecule has 0 radical (unpaired) electrons. The van der Waals surface area contributed by atoms with Gasteiger partial charge < -0.3 is 4.98 Å². The van der Waals surface area contributed by atoms with Crippen molar-refractivity contribution in [1.82, 2.24) is 14.3 Å². The van der Waals surface area contributed by atoms with Crippen LogP contribution >= 0.6 is 0 Å². The first-order valence-corrected chi connectivity index (χ1v) is 9.94. The van der Waals surface area contributed by atoms with Crippen molar-refractivity contribution in [2.45, 2.75) is 31.2 Å². The third-order valence-corrected chi connectivity index (χ3v) is 6.27. The first-order valence-electron chi connectivity index (χ1n) is 8.50. The average molecular weight is 387 g/mol. The molecule has 3 rings (SSSR count). The van der Waals surface area contributed by atoms with Crippen molar-refractivity contribution in [2.24, 2.45) is 0 Å². The van der Waals surface area contributed by atoms with E-state index in [0.29, 0.717) is 5.92 Å². The lowest BCUT2D eigenvalue weighted by Crippen LogP contribution is -2.27. The Labute approximate surface area is 156 Å². The Morgan fingerprint density at radius 3 is 2.30 bits per heavy atom. The summed E-state index contributed by atoms with van der Waals surface area (Å²) < 4.78 is 27.0. The predicted molar refractivity (Wildman–Crippen MR) is 104 cm³/mol. The number of aromatic amines is 2. The molecule has 8 heteroatoms. The van der Waals surface area contributed by atoms with E-state index in [2.05, 4.69) is 23.8 Å². The van der Waals surface area contributed by atoms with Gasteiger partial charge in [-0.25, -0.2) is 13.2 Å². The number of sulfonamides is 1. The maximum atomic E-state index is 12.9. The van der Waals surface area contributed by atoms with Gasteiger partial charge in [0, 0.05) is 13.6 Å². The minimum Gasteiger partial charge on any atom is -0.307 e. The van der Waals surface area contributed by atoms with Crippen LogP contribution in [-0.2, 0) is 16.6 Å². The van der Waals surface area contributed by atoms with Crippen LogP contribution in [0.3, 0.4) is 0 Å². The average Bonchev–Trinajstić information content (AvgIpc) is 2.61. The Hall–Kier alpha value is -2.71. The molecular formula is C19H21N3O4S. The molecule has 0 amide bonds. The van der Waals surface area contributed by atoms with Crippen molar-refractivity contribution in [3.63, 3.8) is 0 Å². The van der Waals surface area contributed by atoms with E-state index in [9.17, 15) is 18.0 Å². The van der Waals surface area contributed by atoms with Gasteiger partial charge in [-0.2, -0.15) is 4.31 Å². The minimum atomic E-state index is -3.79. The summed E-state index contributed by atoms with van der Waals surface area (Å²) in [6.45, 7) is 4.40. The van der Waals surface area contributed by atoms with Crippen LogP contribution in [0.25, 0.3) is 10.9 Å². The molecule has 0 fully saturated rings. The van der Waals surface area contributed by atoms with Crippen LogP contribution < -0.4 is 11.2 Å². The van der Waals surface area contributed by atoms with Gasteiger partial charge in [0.1, 0.15) is 0 Å². The van der Waals surface area contributed by atoms with Crippen molar-refractivity contribution >= 4 is 20.9 Å². The molecule has 0 saturated carbocycles. The van der Waals surface area contributed by atoms with Gasteiger partial charge in [0.2, 0.25) is 10.0 Å². The van der Waals surface area contributed by atoms with E-state index in [1.165, 1.54) is 35.1 Å². The molecule has 1 aromatic heterocycles. The number of nitrogens with zero attached hydrogens (tertiary/aromatic N) is 1. The quantitative estimate of drug-likeness (QED) is 0.700. The summed E-state index contributed by atoms with van der Waals surface area (Å²) in [4.78, 5) is 27.8. The zero-order chi connectivity index (χ0) is 19.8. The lowest BCUT2D eigenvalue weighted by Gasteiger charge is -2.18. The molecule has 0 aliphatic rings. The Bertz CT molecular complexity index is 1190. The van der Waals surface area contributed by atoms with Gasteiger partial charge in [-0.05, 0) is 35.2 Å². The van der Waals surface area contributed by atoms with Gasteiger partial charge in [-0.3, -0.25) is 9.78 Å². The van der Waals surface area contributed by atoms with Crippen LogP contribution in [-0.4, -0.2) is 29.7 Å². The molecule has 0 atom stereocenters. The van der Waals surface area contributed by atoms with Gasteiger partial charge >= 0.3 is 5.69 Å². The van der Waals surface area contributed by atoms with Crippen LogP contribution in [0.1, 0.15) is 30.9 Å². The van der Waals surface area contributed by atoms with E-state index < -0.39 is 21.3 Å². The molecule has 2 aromatic carbocycles. The lowest BCUT2D eigenvalue weighted by molar-refractivity contribution is 0.467. The highest BCUT2D eigenvalue weighted by molar-refractivity contribution is 7.89. The SMILES string of the molecule is CC(C)c1ccc(CN(C)S(=O)(=O)c2ccc3[nH]c(=O)[nH]c(=O)c3c2)cc1. The van der Waals surface area contributed by atoms with Gasteiger partial charge in [-0.15, -0.1) is 0 Å². The van der Waals surface area contributed by atoms with E-state index in [1.54, 1.807) is 0 Å². The Balaban J connectivity index is 1.92. The number of rotatable bonds is 5. The summed E-state index contributed by atoms with van der Waals surface area (Å²) in [5, 5.41) is 0.116. The third-order valence-electron chi connectivity index (χ3n) is 4.47. The molecule has 0 spiro atoms. The topological polar surface area (TPSA) is 103 Å². The van der Waals surface area contributed by atoms with E-state index >= 15 is 0 Å². The van der Waals surface area contributed by atoms with E-state index in [0.717, 1.165) is 5.56 Å². The summed E-state index contributed by atoms with van der Waals surface area (Å²) in [7, 11) is -2.30. The number of nitrogens with one attached hydrogen (secondary N) is 2. The minimum absolute atomic E-state index is 0.00569. The second kappa shape index (κ2) is 7.13. The standard InChI is InChI=1S/C19H21N3O4S/c1-12(2)14-6-4-13(5-7-14)11-22(3)27(25,26)15-8-9-17-16(10-15)18(23)21-19(24)20-17/h4-10,12H,11H2,1-3H3,(H2,20,21,23,24). The molecule has 1 heterocycles. The Morgan fingerprint density at radius 2 is 1.67 bits per heavy atom. The maximum Gasteiger partial charge on any atom is 0.326 e.